The van der Waals surface area contributed by atoms with Gasteiger partial charge in [0.15, 0.2) is 0 Å². The van der Waals surface area contributed by atoms with Crippen molar-refractivity contribution in [3.05, 3.63) is 72.3 Å². The van der Waals surface area contributed by atoms with E-state index in [1.807, 2.05) is 37.3 Å². The largest absolute Gasteiger partial charge is 0.416 e. The number of hydrogen-bond acceptors (Lipinski definition) is 2. The summed E-state index contributed by atoms with van der Waals surface area (Å²) in [5, 5.41) is 1.90. The molecular weight excluding hydrogens is 401 g/mol. The molecule has 0 bridgehead atoms. The zero-order chi connectivity index (χ0) is 20.8. The highest BCUT2D eigenvalue weighted by atomic mass is 32.2. The molecule has 0 radical (unpaired) electrons. The molecule has 29 heavy (non-hydrogen) atoms. The first-order chi connectivity index (χ1) is 13.7. The van der Waals surface area contributed by atoms with Gasteiger partial charge in [0.1, 0.15) is 0 Å². The van der Waals surface area contributed by atoms with Crippen LogP contribution in [0.1, 0.15) is 12.5 Å². The maximum absolute atomic E-state index is 12.7. The molecule has 4 rings (SSSR count). The summed E-state index contributed by atoms with van der Waals surface area (Å²) in [5.41, 5.74) is 1.47. The first kappa shape index (κ1) is 19.3. The minimum atomic E-state index is -4.52. The van der Waals surface area contributed by atoms with Gasteiger partial charge in [0.25, 0.3) is 10.0 Å². The van der Waals surface area contributed by atoms with Crippen LogP contribution in [0.4, 0.5) is 18.9 Å². The predicted octanol–water partition coefficient (Wildman–Crippen LogP) is 5.63. The standard InChI is InChI=1S/C21H17F3N2O2S/c1-2-26-19-6-4-3-5-17(19)18-13-15(9-12-20(18)26)25-29(27,28)16-10-7-14(8-11-16)21(22,23)24/h3-13,25H,2H2,1H3. The number of halogens is 3. The summed E-state index contributed by atoms with van der Waals surface area (Å²) in [5.74, 6) is 0. The van der Waals surface area contributed by atoms with E-state index >= 15 is 0 Å². The van der Waals surface area contributed by atoms with Crippen molar-refractivity contribution in [2.45, 2.75) is 24.5 Å². The molecule has 0 spiro atoms. The summed E-state index contributed by atoms with van der Waals surface area (Å²) in [4.78, 5) is -0.235. The van der Waals surface area contributed by atoms with Gasteiger partial charge >= 0.3 is 6.18 Å². The zero-order valence-electron chi connectivity index (χ0n) is 15.4. The maximum atomic E-state index is 12.7. The van der Waals surface area contributed by atoms with Crippen LogP contribution in [0.15, 0.2) is 71.6 Å². The molecule has 150 valence electrons. The van der Waals surface area contributed by atoms with Gasteiger partial charge in [0.2, 0.25) is 0 Å². The molecule has 0 aliphatic heterocycles. The highest BCUT2D eigenvalue weighted by Gasteiger charge is 2.30. The van der Waals surface area contributed by atoms with Crippen LogP contribution in [0.3, 0.4) is 0 Å². The monoisotopic (exact) mass is 418 g/mol. The van der Waals surface area contributed by atoms with Gasteiger partial charge in [-0.2, -0.15) is 13.2 Å². The Balaban J connectivity index is 1.73. The Kier molecular flexibility index (Phi) is 4.53. The van der Waals surface area contributed by atoms with E-state index in [1.54, 1.807) is 12.1 Å². The van der Waals surface area contributed by atoms with E-state index in [0.717, 1.165) is 52.6 Å². The molecule has 4 nitrogen and oxygen atoms in total. The van der Waals surface area contributed by atoms with Crippen molar-refractivity contribution in [1.82, 2.24) is 4.57 Å². The Morgan fingerprint density at radius 1 is 0.897 bits per heavy atom. The first-order valence-corrected chi connectivity index (χ1v) is 10.4. The molecule has 0 amide bonds. The second-order valence-corrected chi connectivity index (χ2v) is 8.30. The normalized spacial score (nSPS) is 12.6. The van der Waals surface area contributed by atoms with Gasteiger partial charge in [-0.15, -0.1) is 0 Å². The quantitative estimate of drug-likeness (QED) is 0.467. The minimum absolute atomic E-state index is 0.235. The summed E-state index contributed by atoms with van der Waals surface area (Å²) in [7, 11) is -4.02. The first-order valence-electron chi connectivity index (χ1n) is 8.92. The molecule has 1 aromatic heterocycles. The van der Waals surface area contributed by atoms with Gasteiger partial charge in [-0.25, -0.2) is 8.42 Å². The molecule has 3 aromatic carbocycles. The third kappa shape index (κ3) is 3.44. The van der Waals surface area contributed by atoms with E-state index in [9.17, 15) is 21.6 Å². The Morgan fingerprint density at radius 2 is 1.55 bits per heavy atom. The molecule has 0 unspecified atom stereocenters. The van der Waals surface area contributed by atoms with Crippen LogP contribution in [0.2, 0.25) is 0 Å². The molecule has 4 aromatic rings. The van der Waals surface area contributed by atoms with Crippen molar-refractivity contribution in [3.8, 4) is 0 Å². The van der Waals surface area contributed by atoms with Crippen LogP contribution in [0.5, 0.6) is 0 Å². The van der Waals surface area contributed by atoms with E-state index in [0.29, 0.717) is 5.69 Å². The third-order valence-electron chi connectivity index (χ3n) is 4.83. The lowest BCUT2D eigenvalue weighted by atomic mass is 10.1. The molecule has 0 atom stereocenters. The minimum Gasteiger partial charge on any atom is -0.341 e. The predicted molar refractivity (Wildman–Crippen MR) is 107 cm³/mol. The Morgan fingerprint density at radius 3 is 2.21 bits per heavy atom. The lowest BCUT2D eigenvalue weighted by molar-refractivity contribution is -0.137. The molecule has 1 N–H and O–H groups in total. The summed E-state index contributed by atoms with van der Waals surface area (Å²) >= 11 is 0. The average Bonchev–Trinajstić information content (AvgIpc) is 3.00. The van der Waals surface area contributed by atoms with Gasteiger partial charge < -0.3 is 4.57 Å². The number of benzene rings is 3. The van der Waals surface area contributed by atoms with Gasteiger partial charge in [0, 0.05) is 34.0 Å². The second-order valence-electron chi connectivity index (χ2n) is 6.62. The van der Waals surface area contributed by atoms with E-state index in [2.05, 4.69) is 9.29 Å². The second kappa shape index (κ2) is 6.81. The molecule has 1 heterocycles. The van der Waals surface area contributed by atoms with Gasteiger partial charge in [-0.3, -0.25) is 4.72 Å². The van der Waals surface area contributed by atoms with E-state index in [4.69, 9.17) is 0 Å². The average molecular weight is 418 g/mol. The van der Waals surface area contributed by atoms with Crippen molar-refractivity contribution in [2.75, 3.05) is 4.72 Å². The number of nitrogens with one attached hydrogen (secondary N) is 1. The lowest BCUT2D eigenvalue weighted by Crippen LogP contribution is -2.13. The number of hydrogen-bond donors (Lipinski definition) is 1. The number of rotatable bonds is 4. The van der Waals surface area contributed by atoms with Crippen LogP contribution < -0.4 is 4.72 Å². The van der Waals surface area contributed by atoms with Crippen molar-refractivity contribution in [1.29, 1.82) is 0 Å². The smallest absolute Gasteiger partial charge is 0.341 e. The Labute approximate surface area is 165 Å². The molecule has 0 aliphatic rings. The molecule has 8 heteroatoms. The highest BCUT2D eigenvalue weighted by molar-refractivity contribution is 7.92. The van der Waals surface area contributed by atoms with Crippen LogP contribution in [-0.2, 0) is 22.7 Å². The molecular formula is C21H17F3N2O2S. The van der Waals surface area contributed by atoms with E-state index in [-0.39, 0.29) is 4.90 Å². The van der Waals surface area contributed by atoms with E-state index < -0.39 is 21.8 Å². The van der Waals surface area contributed by atoms with Crippen molar-refractivity contribution < 1.29 is 21.6 Å². The SMILES string of the molecule is CCn1c2ccccc2c2cc(NS(=O)(=O)c3ccc(C(F)(F)F)cc3)ccc21. The summed E-state index contributed by atoms with van der Waals surface area (Å²) < 4.78 is 68.0. The number of para-hydroxylation sites is 1. The summed E-state index contributed by atoms with van der Waals surface area (Å²) in [6, 6.07) is 16.5. The molecule has 0 saturated carbocycles. The number of fused-ring (bicyclic) bond motifs is 3. The van der Waals surface area contributed by atoms with Crippen molar-refractivity contribution in [3.63, 3.8) is 0 Å². The van der Waals surface area contributed by atoms with Crippen LogP contribution in [0.25, 0.3) is 21.8 Å². The van der Waals surface area contributed by atoms with Crippen LogP contribution >= 0.6 is 0 Å². The maximum Gasteiger partial charge on any atom is 0.416 e. The van der Waals surface area contributed by atoms with Crippen LogP contribution in [-0.4, -0.2) is 13.0 Å². The summed E-state index contributed by atoms with van der Waals surface area (Å²) in [6.45, 7) is 2.80. The van der Waals surface area contributed by atoms with E-state index in [1.165, 1.54) is 0 Å². The molecule has 0 fully saturated rings. The number of aromatic nitrogens is 1. The Bertz CT molecular complexity index is 1310. The number of anilines is 1. The number of aryl methyl sites for hydroxylation is 1. The summed E-state index contributed by atoms with van der Waals surface area (Å²) in [6.07, 6.45) is -4.52. The fraction of sp³-hybridized carbons (Fsp3) is 0.143. The third-order valence-corrected chi connectivity index (χ3v) is 6.23. The zero-order valence-corrected chi connectivity index (χ0v) is 16.2. The van der Waals surface area contributed by atoms with Crippen molar-refractivity contribution >= 4 is 37.5 Å². The highest BCUT2D eigenvalue weighted by Crippen LogP contribution is 2.32. The lowest BCUT2D eigenvalue weighted by Gasteiger charge is -2.11. The topological polar surface area (TPSA) is 51.1 Å². The molecule has 0 aliphatic carbocycles. The van der Waals surface area contributed by atoms with Crippen molar-refractivity contribution in [2.24, 2.45) is 0 Å². The van der Waals surface area contributed by atoms with Crippen LogP contribution in [0, 0.1) is 0 Å². The fourth-order valence-corrected chi connectivity index (χ4v) is 4.54. The number of sulfonamides is 1. The van der Waals surface area contributed by atoms with Gasteiger partial charge in [-0.05, 0) is 55.5 Å². The van der Waals surface area contributed by atoms with Gasteiger partial charge in [-0.1, -0.05) is 18.2 Å². The van der Waals surface area contributed by atoms with Gasteiger partial charge in [0.05, 0.1) is 10.5 Å². The number of nitrogens with zero attached hydrogens (tertiary/aromatic N) is 1. The Hall–Kier alpha value is -3.00. The number of alkyl halides is 3. The fourth-order valence-electron chi connectivity index (χ4n) is 3.50. The molecule has 0 saturated heterocycles.